The van der Waals surface area contributed by atoms with Gasteiger partial charge in [0.25, 0.3) is 0 Å². The Bertz CT molecular complexity index is 651. The minimum absolute atomic E-state index is 0.137. The van der Waals surface area contributed by atoms with Crippen LogP contribution in [0.2, 0.25) is 0 Å². The number of halogens is 1. The van der Waals surface area contributed by atoms with Crippen LogP contribution in [0.15, 0.2) is 30.5 Å². The molecule has 20 heavy (non-hydrogen) atoms. The Balaban J connectivity index is 2.01. The summed E-state index contributed by atoms with van der Waals surface area (Å²) >= 11 is 0. The number of nitrogens with zero attached hydrogens (tertiary/aromatic N) is 1. The third kappa shape index (κ3) is 3.14. The van der Waals surface area contributed by atoms with Gasteiger partial charge in [-0.2, -0.15) is 0 Å². The summed E-state index contributed by atoms with van der Waals surface area (Å²) in [6.45, 7) is 1.77. The Morgan fingerprint density at radius 2 is 2.15 bits per heavy atom. The van der Waals surface area contributed by atoms with Gasteiger partial charge in [-0.1, -0.05) is 0 Å². The number of aliphatic carboxylic acids is 1. The number of carbonyl (C=O) groups excluding carboxylic acids is 1. The highest BCUT2D eigenvalue weighted by atomic mass is 19.1. The number of aromatic nitrogens is 1. The number of aryl methyl sites for hydroxylation is 1. The van der Waals surface area contributed by atoms with Crippen LogP contribution in [0.1, 0.15) is 13.3 Å². The lowest BCUT2D eigenvalue weighted by Gasteiger charge is -2.10. The molecule has 0 aliphatic rings. The predicted octanol–water partition coefficient (Wildman–Crippen LogP) is 1.76. The molecule has 0 aliphatic heterocycles. The highest BCUT2D eigenvalue weighted by Gasteiger charge is 2.13. The highest BCUT2D eigenvalue weighted by molar-refractivity contribution is 5.83. The number of amides is 1. The summed E-state index contributed by atoms with van der Waals surface area (Å²) in [4.78, 5) is 22.2. The first-order chi connectivity index (χ1) is 9.47. The summed E-state index contributed by atoms with van der Waals surface area (Å²) in [6, 6.07) is 5.39. The van der Waals surface area contributed by atoms with E-state index in [0.29, 0.717) is 12.1 Å². The van der Waals surface area contributed by atoms with Gasteiger partial charge in [-0.3, -0.25) is 9.59 Å². The molecule has 2 aromatic rings. The Hall–Kier alpha value is -2.37. The second kappa shape index (κ2) is 5.73. The molecule has 1 heterocycles. The number of hydrogen-bond acceptors (Lipinski definition) is 2. The average molecular weight is 278 g/mol. The van der Waals surface area contributed by atoms with Gasteiger partial charge in [0.15, 0.2) is 0 Å². The lowest BCUT2D eigenvalue weighted by atomic mass is 10.2. The van der Waals surface area contributed by atoms with Crippen LogP contribution in [-0.2, 0) is 16.1 Å². The van der Waals surface area contributed by atoms with Crippen LogP contribution in [-0.4, -0.2) is 27.6 Å². The normalized spacial score (nSPS) is 12.3. The molecular weight excluding hydrogens is 263 g/mol. The second-order valence-electron chi connectivity index (χ2n) is 4.59. The number of fused-ring (bicyclic) bond motifs is 1. The molecule has 1 amide bonds. The molecule has 0 bridgehead atoms. The topological polar surface area (TPSA) is 71.3 Å². The number of benzene rings is 1. The van der Waals surface area contributed by atoms with Crippen LogP contribution in [0, 0.1) is 5.82 Å². The van der Waals surface area contributed by atoms with Crippen LogP contribution in [0.25, 0.3) is 10.9 Å². The van der Waals surface area contributed by atoms with Crippen LogP contribution in [0.4, 0.5) is 4.39 Å². The summed E-state index contributed by atoms with van der Waals surface area (Å²) in [5, 5.41) is 12.0. The molecule has 2 N–H and O–H groups in total. The molecule has 0 saturated heterocycles. The Labute approximate surface area is 115 Å². The van der Waals surface area contributed by atoms with Crippen molar-refractivity contribution in [1.82, 2.24) is 9.88 Å². The molecule has 0 radical (unpaired) electrons. The van der Waals surface area contributed by atoms with E-state index in [1.807, 2.05) is 6.07 Å². The smallest absolute Gasteiger partial charge is 0.325 e. The third-order valence-electron chi connectivity index (χ3n) is 3.06. The number of carbonyl (C=O) groups is 2. The summed E-state index contributed by atoms with van der Waals surface area (Å²) in [7, 11) is 0. The first kappa shape index (κ1) is 14.0. The molecule has 1 unspecified atom stereocenters. The van der Waals surface area contributed by atoms with Crippen molar-refractivity contribution in [3.05, 3.63) is 36.3 Å². The number of nitrogens with one attached hydrogen (secondary N) is 1. The van der Waals surface area contributed by atoms with Crippen molar-refractivity contribution < 1.29 is 19.1 Å². The fourth-order valence-corrected chi connectivity index (χ4v) is 1.95. The molecular formula is C14H15FN2O3. The van der Waals surface area contributed by atoms with Crippen molar-refractivity contribution in [3.63, 3.8) is 0 Å². The molecule has 6 heteroatoms. The fourth-order valence-electron chi connectivity index (χ4n) is 1.95. The molecule has 0 fully saturated rings. The van der Waals surface area contributed by atoms with E-state index in [9.17, 15) is 14.0 Å². The van der Waals surface area contributed by atoms with E-state index in [4.69, 9.17) is 5.11 Å². The standard InChI is InChI=1S/C14H15FN2O3/c1-9(14(19)20)16-13(18)5-7-17-6-4-10-2-3-11(15)8-12(10)17/h2-4,6,8-9H,5,7H2,1H3,(H,16,18)(H,19,20). The summed E-state index contributed by atoms with van der Waals surface area (Å²) in [5.74, 6) is -1.76. The quantitative estimate of drug-likeness (QED) is 0.875. The Morgan fingerprint density at radius 1 is 1.40 bits per heavy atom. The number of rotatable bonds is 5. The molecule has 2 rings (SSSR count). The second-order valence-corrected chi connectivity index (χ2v) is 4.59. The zero-order chi connectivity index (χ0) is 14.7. The van der Waals surface area contributed by atoms with E-state index < -0.39 is 12.0 Å². The van der Waals surface area contributed by atoms with Crippen molar-refractivity contribution in [2.24, 2.45) is 0 Å². The van der Waals surface area contributed by atoms with E-state index in [1.165, 1.54) is 19.1 Å². The van der Waals surface area contributed by atoms with Gasteiger partial charge in [-0.05, 0) is 36.6 Å². The van der Waals surface area contributed by atoms with E-state index in [0.717, 1.165) is 5.39 Å². The number of hydrogen-bond donors (Lipinski definition) is 2. The average Bonchev–Trinajstić information content (AvgIpc) is 2.78. The van der Waals surface area contributed by atoms with Gasteiger partial charge < -0.3 is 15.0 Å². The van der Waals surface area contributed by atoms with Gasteiger partial charge in [0.2, 0.25) is 5.91 Å². The summed E-state index contributed by atoms with van der Waals surface area (Å²) in [5.41, 5.74) is 0.712. The molecule has 5 nitrogen and oxygen atoms in total. The lowest BCUT2D eigenvalue weighted by Crippen LogP contribution is -2.38. The zero-order valence-corrected chi connectivity index (χ0v) is 11.0. The molecule has 0 aliphatic carbocycles. The molecule has 1 aromatic heterocycles. The van der Waals surface area contributed by atoms with Crippen molar-refractivity contribution in [2.45, 2.75) is 25.9 Å². The van der Waals surface area contributed by atoms with Crippen LogP contribution >= 0.6 is 0 Å². The van der Waals surface area contributed by atoms with Gasteiger partial charge in [0.05, 0.1) is 5.52 Å². The zero-order valence-electron chi connectivity index (χ0n) is 11.0. The summed E-state index contributed by atoms with van der Waals surface area (Å²) < 4.78 is 15.0. The summed E-state index contributed by atoms with van der Waals surface area (Å²) in [6.07, 6.45) is 1.91. The van der Waals surface area contributed by atoms with Gasteiger partial charge in [0, 0.05) is 19.2 Å². The van der Waals surface area contributed by atoms with E-state index in [1.54, 1.807) is 16.8 Å². The number of carboxylic acid groups (broad SMARTS) is 1. The Kier molecular flexibility index (Phi) is 4.02. The molecule has 1 atom stereocenters. The van der Waals surface area contributed by atoms with E-state index >= 15 is 0 Å². The van der Waals surface area contributed by atoms with E-state index in [-0.39, 0.29) is 18.1 Å². The maximum Gasteiger partial charge on any atom is 0.325 e. The number of carboxylic acids is 1. The van der Waals surface area contributed by atoms with Crippen molar-refractivity contribution in [3.8, 4) is 0 Å². The van der Waals surface area contributed by atoms with Gasteiger partial charge in [-0.15, -0.1) is 0 Å². The maximum absolute atomic E-state index is 13.2. The van der Waals surface area contributed by atoms with Crippen LogP contribution in [0.5, 0.6) is 0 Å². The van der Waals surface area contributed by atoms with Crippen LogP contribution in [0.3, 0.4) is 0 Å². The monoisotopic (exact) mass is 278 g/mol. The molecule has 0 spiro atoms. The molecule has 1 aromatic carbocycles. The van der Waals surface area contributed by atoms with E-state index in [2.05, 4.69) is 5.32 Å². The van der Waals surface area contributed by atoms with Crippen LogP contribution < -0.4 is 5.32 Å². The lowest BCUT2D eigenvalue weighted by molar-refractivity contribution is -0.141. The minimum Gasteiger partial charge on any atom is -0.480 e. The largest absolute Gasteiger partial charge is 0.480 e. The van der Waals surface area contributed by atoms with Gasteiger partial charge >= 0.3 is 5.97 Å². The first-order valence-corrected chi connectivity index (χ1v) is 6.24. The first-order valence-electron chi connectivity index (χ1n) is 6.24. The molecule has 106 valence electrons. The third-order valence-corrected chi connectivity index (χ3v) is 3.06. The highest BCUT2D eigenvalue weighted by Crippen LogP contribution is 2.17. The van der Waals surface area contributed by atoms with Crippen molar-refractivity contribution in [1.29, 1.82) is 0 Å². The van der Waals surface area contributed by atoms with Crippen molar-refractivity contribution in [2.75, 3.05) is 0 Å². The van der Waals surface area contributed by atoms with Gasteiger partial charge in [0.1, 0.15) is 11.9 Å². The SMILES string of the molecule is CC(NC(=O)CCn1ccc2ccc(F)cc21)C(=O)O. The van der Waals surface area contributed by atoms with Gasteiger partial charge in [-0.25, -0.2) is 4.39 Å². The maximum atomic E-state index is 13.2. The van der Waals surface area contributed by atoms with Crippen molar-refractivity contribution >= 4 is 22.8 Å². The predicted molar refractivity (Wildman–Crippen MR) is 71.8 cm³/mol. The molecule has 0 saturated carbocycles. The fraction of sp³-hybridized carbons (Fsp3) is 0.286. The minimum atomic E-state index is -1.08. The Morgan fingerprint density at radius 3 is 2.85 bits per heavy atom.